The highest BCUT2D eigenvalue weighted by molar-refractivity contribution is 5.90. The van der Waals surface area contributed by atoms with Gasteiger partial charge in [-0.25, -0.2) is 9.59 Å². The van der Waals surface area contributed by atoms with Gasteiger partial charge in [-0.05, 0) is 36.6 Å². The Labute approximate surface area is 125 Å². The van der Waals surface area contributed by atoms with Crippen molar-refractivity contribution >= 4 is 23.8 Å². The van der Waals surface area contributed by atoms with E-state index in [0.717, 1.165) is 5.56 Å². The number of rotatable bonds is 6. The quantitative estimate of drug-likeness (QED) is 0.625. The molecular weight excluding hydrogens is 268 g/mol. The van der Waals surface area contributed by atoms with Crippen molar-refractivity contribution < 1.29 is 14.3 Å². The Morgan fingerprint density at radius 3 is 2.48 bits per heavy atom. The monoisotopic (exact) mass is 290 g/mol. The molecule has 0 heterocycles. The number of carbonyl (C=O) groups excluding carboxylic acids is 2. The third kappa shape index (κ3) is 7.15. The summed E-state index contributed by atoms with van der Waals surface area (Å²) < 4.78 is 4.80. The van der Waals surface area contributed by atoms with Crippen LogP contribution >= 0.6 is 0 Å². The molecule has 1 rings (SSSR count). The summed E-state index contributed by atoms with van der Waals surface area (Å²) in [5.41, 5.74) is 1.56. The van der Waals surface area contributed by atoms with E-state index in [2.05, 4.69) is 10.6 Å². The Hall–Kier alpha value is -2.30. The van der Waals surface area contributed by atoms with Gasteiger partial charge >= 0.3 is 12.0 Å². The minimum absolute atomic E-state index is 0.224. The average molecular weight is 290 g/mol. The molecule has 0 aliphatic rings. The number of amides is 2. The lowest BCUT2D eigenvalue weighted by atomic mass is 10.2. The second-order valence-corrected chi connectivity index (χ2v) is 4.94. The van der Waals surface area contributed by atoms with Gasteiger partial charge in [-0.3, -0.25) is 0 Å². The van der Waals surface area contributed by atoms with Crippen LogP contribution in [-0.2, 0) is 9.53 Å². The topological polar surface area (TPSA) is 67.4 Å². The molecule has 0 saturated carbocycles. The number of ether oxygens (including phenoxy) is 1. The van der Waals surface area contributed by atoms with Crippen molar-refractivity contribution in [2.75, 3.05) is 18.5 Å². The van der Waals surface area contributed by atoms with Gasteiger partial charge in [0, 0.05) is 18.3 Å². The fraction of sp³-hybridized carbons (Fsp3) is 0.375. The van der Waals surface area contributed by atoms with Crippen LogP contribution in [0.1, 0.15) is 26.3 Å². The summed E-state index contributed by atoms with van der Waals surface area (Å²) in [5, 5.41) is 5.52. The zero-order chi connectivity index (χ0) is 15.7. The van der Waals surface area contributed by atoms with E-state index in [1.165, 1.54) is 6.08 Å². The molecule has 0 aliphatic carbocycles. The molecule has 5 nitrogen and oxygen atoms in total. The Bertz CT molecular complexity index is 493. The Kier molecular flexibility index (Phi) is 7.01. The SMILES string of the molecule is CCOC(=O)/C=C\c1ccc(NC(=O)NCC(C)C)cc1. The van der Waals surface area contributed by atoms with E-state index < -0.39 is 0 Å². The number of esters is 1. The van der Waals surface area contributed by atoms with Crippen LogP contribution in [0.25, 0.3) is 6.08 Å². The molecule has 0 fully saturated rings. The minimum atomic E-state index is -0.368. The van der Waals surface area contributed by atoms with E-state index >= 15 is 0 Å². The molecule has 0 aliphatic heterocycles. The molecule has 0 aromatic heterocycles. The lowest BCUT2D eigenvalue weighted by Gasteiger charge is -2.09. The normalized spacial score (nSPS) is 10.7. The standard InChI is InChI=1S/C16H22N2O3/c1-4-21-15(19)10-7-13-5-8-14(9-6-13)18-16(20)17-11-12(2)3/h5-10,12H,4,11H2,1-3H3,(H2,17,18,20)/b10-7-. The molecule has 2 N–H and O–H groups in total. The van der Waals surface area contributed by atoms with Crippen LogP contribution in [-0.4, -0.2) is 25.2 Å². The molecule has 0 unspecified atom stereocenters. The molecule has 0 saturated heterocycles. The van der Waals surface area contributed by atoms with Crippen LogP contribution in [0, 0.1) is 5.92 Å². The van der Waals surface area contributed by atoms with Crippen molar-refractivity contribution in [3.8, 4) is 0 Å². The minimum Gasteiger partial charge on any atom is -0.463 e. The summed E-state index contributed by atoms with van der Waals surface area (Å²) in [5.74, 6) is 0.0407. The molecular formula is C16H22N2O3. The van der Waals surface area contributed by atoms with Crippen LogP contribution in [0.2, 0.25) is 0 Å². The molecule has 0 spiro atoms. The molecule has 1 aromatic rings. The Morgan fingerprint density at radius 2 is 1.90 bits per heavy atom. The number of benzene rings is 1. The summed E-state index contributed by atoms with van der Waals surface area (Å²) >= 11 is 0. The first-order chi connectivity index (χ1) is 10.0. The van der Waals surface area contributed by atoms with Crippen LogP contribution in [0.4, 0.5) is 10.5 Å². The molecule has 1 aromatic carbocycles. The van der Waals surface area contributed by atoms with Gasteiger partial charge in [0.05, 0.1) is 6.61 Å². The summed E-state index contributed by atoms with van der Waals surface area (Å²) in [7, 11) is 0. The summed E-state index contributed by atoms with van der Waals surface area (Å²) in [6.07, 6.45) is 3.04. The highest BCUT2D eigenvalue weighted by Crippen LogP contribution is 2.10. The van der Waals surface area contributed by atoms with Gasteiger partial charge in [0.2, 0.25) is 0 Å². The van der Waals surface area contributed by atoms with E-state index in [1.807, 2.05) is 26.0 Å². The van der Waals surface area contributed by atoms with Crippen molar-refractivity contribution in [2.45, 2.75) is 20.8 Å². The summed E-state index contributed by atoms with van der Waals surface area (Å²) in [4.78, 5) is 22.8. The molecule has 0 bridgehead atoms. The fourth-order valence-corrected chi connectivity index (χ4v) is 1.50. The molecule has 21 heavy (non-hydrogen) atoms. The molecule has 0 radical (unpaired) electrons. The molecule has 2 amide bonds. The van der Waals surface area contributed by atoms with E-state index in [0.29, 0.717) is 24.8 Å². The predicted molar refractivity (Wildman–Crippen MR) is 84.0 cm³/mol. The number of urea groups is 1. The highest BCUT2D eigenvalue weighted by atomic mass is 16.5. The van der Waals surface area contributed by atoms with Crippen molar-refractivity contribution in [1.29, 1.82) is 0 Å². The van der Waals surface area contributed by atoms with Crippen LogP contribution in [0.3, 0.4) is 0 Å². The first kappa shape index (κ1) is 16.8. The van der Waals surface area contributed by atoms with Gasteiger partial charge in [0.25, 0.3) is 0 Å². The first-order valence-electron chi connectivity index (χ1n) is 7.01. The number of carbonyl (C=O) groups is 2. The summed E-state index contributed by atoms with van der Waals surface area (Å²) in [6.45, 7) is 6.82. The predicted octanol–water partition coefficient (Wildman–Crippen LogP) is 3.04. The van der Waals surface area contributed by atoms with E-state index in [4.69, 9.17) is 4.74 Å². The van der Waals surface area contributed by atoms with E-state index in [9.17, 15) is 9.59 Å². The van der Waals surface area contributed by atoms with Crippen LogP contribution in [0.15, 0.2) is 30.3 Å². The van der Waals surface area contributed by atoms with E-state index in [1.54, 1.807) is 25.1 Å². The lowest BCUT2D eigenvalue weighted by Crippen LogP contribution is -2.31. The van der Waals surface area contributed by atoms with Crippen LogP contribution in [0.5, 0.6) is 0 Å². The average Bonchev–Trinajstić information content (AvgIpc) is 2.45. The van der Waals surface area contributed by atoms with Crippen molar-refractivity contribution in [2.24, 2.45) is 5.92 Å². The number of hydrogen-bond donors (Lipinski definition) is 2. The van der Waals surface area contributed by atoms with Crippen molar-refractivity contribution in [1.82, 2.24) is 5.32 Å². The molecule has 0 atom stereocenters. The van der Waals surface area contributed by atoms with Gasteiger partial charge in [0.1, 0.15) is 0 Å². The van der Waals surface area contributed by atoms with Gasteiger partial charge in [-0.15, -0.1) is 0 Å². The second kappa shape index (κ2) is 8.79. The maximum absolute atomic E-state index is 11.6. The highest BCUT2D eigenvalue weighted by Gasteiger charge is 2.02. The number of nitrogens with one attached hydrogen (secondary N) is 2. The zero-order valence-electron chi connectivity index (χ0n) is 12.7. The lowest BCUT2D eigenvalue weighted by molar-refractivity contribution is -0.137. The second-order valence-electron chi connectivity index (χ2n) is 4.94. The third-order valence-electron chi connectivity index (χ3n) is 2.54. The summed E-state index contributed by atoms with van der Waals surface area (Å²) in [6, 6.07) is 6.96. The van der Waals surface area contributed by atoms with Crippen molar-refractivity contribution in [3.63, 3.8) is 0 Å². The van der Waals surface area contributed by atoms with Gasteiger partial charge < -0.3 is 15.4 Å². The number of hydrogen-bond acceptors (Lipinski definition) is 3. The first-order valence-corrected chi connectivity index (χ1v) is 7.01. The van der Waals surface area contributed by atoms with Gasteiger partial charge in [0.15, 0.2) is 0 Å². The third-order valence-corrected chi connectivity index (χ3v) is 2.54. The van der Waals surface area contributed by atoms with Crippen LogP contribution < -0.4 is 10.6 Å². The van der Waals surface area contributed by atoms with Crippen molar-refractivity contribution in [3.05, 3.63) is 35.9 Å². The Balaban J connectivity index is 2.50. The van der Waals surface area contributed by atoms with E-state index in [-0.39, 0.29) is 12.0 Å². The largest absolute Gasteiger partial charge is 0.463 e. The molecule has 5 heteroatoms. The maximum atomic E-state index is 11.6. The smallest absolute Gasteiger partial charge is 0.330 e. The van der Waals surface area contributed by atoms with Gasteiger partial charge in [-0.2, -0.15) is 0 Å². The molecule has 114 valence electrons. The maximum Gasteiger partial charge on any atom is 0.330 e. The van der Waals surface area contributed by atoms with Gasteiger partial charge in [-0.1, -0.05) is 26.0 Å². The fourth-order valence-electron chi connectivity index (χ4n) is 1.50. The zero-order valence-corrected chi connectivity index (χ0v) is 12.7. The Morgan fingerprint density at radius 1 is 1.24 bits per heavy atom. The number of anilines is 1.